The summed E-state index contributed by atoms with van der Waals surface area (Å²) in [5, 5.41) is 7.45. The third kappa shape index (κ3) is 5.23. The van der Waals surface area contributed by atoms with Gasteiger partial charge in [-0.15, -0.1) is 6.42 Å². The fourth-order valence-electron chi connectivity index (χ4n) is 3.62. The molecule has 2 N–H and O–H groups in total. The lowest BCUT2D eigenvalue weighted by Gasteiger charge is -2.26. The second-order valence-corrected chi connectivity index (χ2v) is 7.34. The van der Waals surface area contributed by atoms with Gasteiger partial charge in [0.2, 0.25) is 0 Å². The summed E-state index contributed by atoms with van der Waals surface area (Å²) >= 11 is 0. The van der Waals surface area contributed by atoms with Crippen molar-refractivity contribution >= 4 is 28.1 Å². The molecule has 0 amide bonds. The molecule has 2 heterocycles. The molecule has 0 spiro atoms. The predicted molar refractivity (Wildman–Crippen MR) is 124 cm³/mol. The van der Waals surface area contributed by atoms with E-state index in [9.17, 15) is 0 Å². The monoisotopic (exact) mass is 417 g/mol. The van der Waals surface area contributed by atoms with Crippen LogP contribution in [0.3, 0.4) is 0 Å². The number of benzene rings is 2. The van der Waals surface area contributed by atoms with E-state index >= 15 is 0 Å². The minimum absolute atomic E-state index is 0.637. The summed E-state index contributed by atoms with van der Waals surface area (Å²) < 4.78 is 11.5. The Morgan fingerprint density at radius 3 is 2.87 bits per heavy atom. The van der Waals surface area contributed by atoms with Crippen LogP contribution in [0.1, 0.15) is 12.0 Å². The lowest BCUT2D eigenvalue weighted by atomic mass is 10.1. The Kier molecular flexibility index (Phi) is 6.82. The highest BCUT2D eigenvalue weighted by Gasteiger charge is 2.12. The molecule has 0 radical (unpaired) electrons. The van der Waals surface area contributed by atoms with Crippen molar-refractivity contribution < 1.29 is 9.47 Å². The van der Waals surface area contributed by atoms with Crippen molar-refractivity contribution in [2.24, 2.45) is 0 Å². The predicted octanol–water partition coefficient (Wildman–Crippen LogP) is 3.50. The van der Waals surface area contributed by atoms with Crippen molar-refractivity contribution in [2.75, 3.05) is 57.1 Å². The normalized spacial score (nSPS) is 14.2. The second kappa shape index (κ2) is 10.1. The average molecular weight is 418 g/mol. The van der Waals surface area contributed by atoms with Crippen LogP contribution in [0.5, 0.6) is 5.75 Å². The van der Waals surface area contributed by atoms with E-state index in [1.807, 2.05) is 43.4 Å². The largest absolute Gasteiger partial charge is 0.491 e. The molecule has 0 unspecified atom stereocenters. The van der Waals surface area contributed by atoms with Gasteiger partial charge in [-0.1, -0.05) is 12.0 Å². The molecule has 160 valence electrons. The molecule has 1 fully saturated rings. The Hall–Kier alpha value is -3.34. The Bertz CT molecular complexity index is 1070. The maximum atomic E-state index is 6.14. The van der Waals surface area contributed by atoms with Crippen LogP contribution in [0.4, 0.5) is 17.2 Å². The molecule has 7 heteroatoms. The summed E-state index contributed by atoms with van der Waals surface area (Å²) in [6, 6.07) is 11.7. The number of aromatic nitrogens is 2. The van der Waals surface area contributed by atoms with Gasteiger partial charge in [-0.05, 0) is 36.8 Å². The number of hydrogen-bond acceptors (Lipinski definition) is 7. The zero-order valence-corrected chi connectivity index (χ0v) is 17.7. The topological polar surface area (TPSA) is 71.5 Å². The lowest BCUT2D eigenvalue weighted by Crippen LogP contribution is -2.37. The maximum absolute atomic E-state index is 6.14. The number of nitrogens with one attached hydrogen (secondary N) is 2. The average Bonchev–Trinajstić information content (AvgIpc) is 2.82. The first-order valence-electron chi connectivity index (χ1n) is 10.5. The molecule has 0 saturated carbocycles. The quantitative estimate of drug-likeness (QED) is 0.429. The molecule has 3 aromatic rings. The van der Waals surface area contributed by atoms with Crippen molar-refractivity contribution in [2.45, 2.75) is 6.42 Å². The summed E-state index contributed by atoms with van der Waals surface area (Å²) in [5.41, 5.74) is 3.42. The van der Waals surface area contributed by atoms with Crippen LogP contribution >= 0.6 is 0 Å². The van der Waals surface area contributed by atoms with Crippen LogP contribution in [0, 0.1) is 12.3 Å². The number of anilines is 3. The third-order valence-electron chi connectivity index (χ3n) is 5.28. The van der Waals surface area contributed by atoms with Crippen LogP contribution in [0.2, 0.25) is 0 Å². The van der Waals surface area contributed by atoms with Crippen LogP contribution in [-0.2, 0) is 4.74 Å². The molecule has 0 aliphatic carbocycles. The second-order valence-electron chi connectivity index (χ2n) is 7.34. The van der Waals surface area contributed by atoms with Gasteiger partial charge in [-0.2, -0.15) is 0 Å². The van der Waals surface area contributed by atoms with Gasteiger partial charge in [0.15, 0.2) is 0 Å². The number of morpholine rings is 1. The first-order chi connectivity index (χ1) is 15.3. The van der Waals surface area contributed by atoms with Crippen molar-refractivity contribution in [3.63, 3.8) is 0 Å². The third-order valence-corrected chi connectivity index (χ3v) is 5.28. The van der Waals surface area contributed by atoms with E-state index in [-0.39, 0.29) is 0 Å². The first-order valence-corrected chi connectivity index (χ1v) is 10.5. The Labute approximate surface area is 182 Å². The highest BCUT2D eigenvalue weighted by Crippen LogP contribution is 2.33. The maximum Gasteiger partial charge on any atom is 0.143 e. The van der Waals surface area contributed by atoms with Gasteiger partial charge in [0.25, 0.3) is 0 Å². The Morgan fingerprint density at radius 1 is 1.19 bits per heavy atom. The SMILES string of the molecule is C#Cc1cccc(Nc2ncnc3cc(NC)c(OCCCN4CCOCC4)cc23)c1. The van der Waals surface area contributed by atoms with Crippen molar-refractivity contribution in [1.29, 1.82) is 0 Å². The molecule has 31 heavy (non-hydrogen) atoms. The summed E-state index contributed by atoms with van der Waals surface area (Å²) in [6.07, 6.45) is 8.03. The van der Waals surface area contributed by atoms with Crippen LogP contribution in [0.25, 0.3) is 10.9 Å². The molecule has 4 rings (SSSR count). The number of fused-ring (bicyclic) bond motifs is 1. The summed E-state index contributed by atoms with van der Waals surface area (Å²) in [4.78, 5) is 11.3. The summed E-state index contributed by atoms with van der Waals surface area (Å²) in [5.74, 6) is 4.15. The van der Waals surface area contributed by atoms with Gasteiger partial charge < -0.3 is 20.1 Å². The van der Waals surface area contributed by atoms with Gasteiger partial charge in [0.05, 0.1) is 31.0 Å². The standard InChI is InChI=1S/C24H27N5O2/c1-3-18-6-4-7-19(14-18)28-24-20-15-23(22(25-2)16-21(20)26-17-27-24)31-11-5-8-29-9-12-30-13-10-29/h1,4,6-7,14-17,25H,5,8-13H2,2H3,(H,26,27,28). The van der Waals surface area contributed by atoms with Crippen molar-refractivity contribution in [3.8, 4) is 18.1 Å². The van der Waals surface area contributed by atoms with E-state index in [2.05, 4.69) is 31.4 Å². The molecular weight excluding hydrogens is 390 g/mol. The highest BCUT2D eigenvalue weighted by atomic mass is 16.5. The van der Waals surface area contributed by atoms with Gasteiger partial charge in [-0.25, -0.2) is 9.97 Å². The molecule has 1 aliphatic heterocycles. The smallest absolute Gasteiger partial charge is 0.143 e. The molecule has 2 aromatic carbocycles. The molecule has 1 aromatic heterocycles. The molecular formula is C24H27N5O2. The zero-order chi connectivity index (χ0) is 21.5. The zero-order valence-electron chi connectivity index (χ0n) is 17.7. The molecule has 0 atom stereocenters. The van der Waals surface area contributed by atoms with E-state index in [0.29, 0.717) is 12.4 Å². The fourth-order valence-corrected chi connectivity index (χ4v) is 3.62. The van der Waals surface area contributed by atoms with Crippen LogP contribution in [-0.4, -0.2) is 61.4 Å². The minimum Gasteiger partial charge on any atom is -0.491 e. The van der Waals surface area contributed by atoms with Gasteiger partial charge in [0.1, 0.15) is 17.9 Å². The number of nitrogens with zero attached hydrogens (tertiary/aromatic N) is 3. The number of rotatable bonds is 8. The fraction of sp³-hybridized carbons (Fsp3) is 0.333. The first kappa shape index (κ1) is 20.9. The Balaban J connectivity index is 1.51. The van der Waals surface area contributed by atoms with E-state index in [4.69, 9.17) is 15.9 Å². The van der Waals surface area contributed by atoms with E-state index in [0.717, 1.165) is 72.9 Å². The minimum atomic E-state index is 0.637. The van der Waals surface area contributed by atoms with Gasteiger partial charge in [0, 0.05) is 43.3 Å². The van der Waals surface area contributed by atoms with Crippen molar-refractivity contribution in [3.05, 3.63) is 48.3 Å². The Morgan fingerprint density at radius 2 is 2.06 bits per heavy atom. The lowest BCUT2D eigenvalue weighted by molar-refractivity contribution is 0.0358. The summed E-state index contributed by atoms with van der Waals surface area (Å²) in [6.45, 7) is 5.26. The van der Waals surface area contributed by atoms with Gasteiger partial charge in [-0.3, -0.25) is 4.90 Å². The molecule has 1 saturated heterocycles. The van der Waals surface area contributed by atoms with Crippen LogP contribution in [0.15, 0.2) is 42.7 Å². The van der Waals surface area contributed by atoms with Crippen molar-refractivity contribution in [1.82, 2.24) is 14.9 Å². The molecule has 0 bridgehead atoms. The summed E-state index contributed by atoms with van der Waals surface area (Å²) in [7, 11) is 1.88. The number of hydrogen-bond donors (Lipinski definition) is 2. The highest BCUT2D eigenvalue weighted by molar-refractivity contribution is 5.94. The van der Waals surface area contributed by atoms with E-state index in [1.165, 1.54) is 0 Å². The van der Waals surface area contributed by atoms with E-state index < -0.39 is 0 Å². The molecule has 1 aliphatic rings. The van der Waals surface area contributed by atoms with Crippen LogP contribution < -0.4 is 15.4 Å². The van der Waals surface area contributed by atoms with E-state index in [1.54, 1.807) is 6.33 Å². The number of terminal acetylenes is 1. The number of ether oxygens (including phenoxy) is 2. The molecule has 7 nitrogen and oxygen atoms in total. The van der Waals surface area contributed by atoms with Gasteiger partial charge >= 0.3 is 0 Å².